The van der Waals surface area contributed by atoms with Gasteiger partial charge >= 0.3 is 6.36 Å². The van der Waals surface area contributed by atoms with E-state index in [1.165, 1.54) is 88.8 Å². The monoisotopic (exact) mass is 507 g/mol. The van der Waals surface area contributed by atoms with Crippen molar-refractivity contribution in [2.45, 2.75) is 82.7 Å². The van der Waals surface area contributed by atoms with Gasteiger partial charge in [0.05, 0.1) is 6.42 Å². The van der Waals surface area contributed by atoms with Crippen LogP contribution in [-0.4, -0.2) is 66.9 Å². The number of nitrogens with one attached hydrogen (secondary N) is 1. The van der Waals surface area contributed by atoms with Crippen LogP contribution < -0.4 is 10.1 Å². The van der Waals surface area contributed by atoms with Crippen molar-refractivity contribution in [3.05, 3.63) is 29.8 Å². The fraction of sp³-hybridized carbons (Fsp3) is 0.750. The summed E-state index contributed by atoms with van der Waals surface area (Å²) in [5.74, 6) is 2.25. The van der Waals surface area contributed by atoms with E-state index in [1.54, 1.807) is 0 Å². The number of rotatable bonds is 8. The molecule has 3 heterocycles. The van der Waals surface area contributed by atoms with Crippen molar-refractivity contribution in [1.29, 1.82) is 0 Å². The summed E-state index contributed by atoms with van der Waals surface area (Å²) in [6, 6.07) is 7.09. The number of likely N-dealkylation sites (tertiary alicyclic amines) is 1. The van der Waals surface area contributed by atoms with E-state index in [2.05, 4.69) is 19.9 Å². The third kappa shape index (κ3) is 6.36. The number of nitrogens with zero attached hydrogens (tertiary/aromatic N) is 2. The molecule has 8 heteroatoms. The van der Waals surface area contributed by atoms with Crippen LogP contribution in [0.15, 0.2) is 24.3 Å². The van der Waals surface area contributed by atoms with Crippen LogP contribution in [-0.2, 0) is 11.2 Å². The lowest BCUT2D eigenvalue weighted by Crippen LogP contribution is -2.62. The smallest absolute Gasteiger partial charge is 0.406 e. The molecule has 1 aromatic rings. The first kappa shape index (κ1) is 25.8. The predicted molar refractivity (Wildman–Crippen MR) is 133 cm³/mol. The molecule has 4 aliphatic rings. The Bertz CT molecular complexity index is 878. The number of halogens is 3. The van der Waals surface area contributed by atoms with Crippen molar-refractivity contribution in [3.8, 4) is 5.75 Å². The highest BCUT2D eigenvalue weighted by atomic mass is 19.4. The van der Waals surface area contributed by atoms with Crippen LogP contribution in [0, 0.1) is 17.8 Å². The molecule has 1 amide bonds. The van der Waals surface area contributed by atoms with Crippen LogP contribution >= 0.6 is 0 Å². The number of benzene rings is 1. The first-order valence-electron chi connectivity index (χ1n) is 14.0. The first-order valence-corrected chi connectivity index (χ1v) is 14.0. The summed E-state index contributed by atoms with van der Waals surface area (Å²) < 4.78 is 40.7. The summed E-state index contributed by atoms with van der Waals surface area (Å²) in [5.41, 5.74) is 0.667. The van der Waals surface area contributed by atoms with E-state index < -0.39 is 6.36 Å². The van der Waals surface area contributed by atoms with E-state index in [4.69, 9.17) is 0 Å². The number of ether oxygens (including phenoxy) is 1. The molecule has 36 heavy (non-hydrogen) atoms. The van der Waals surface area contributed by atoms with Gasteiger partial charge in [-0.1, -0.05) is 18.6 Å². The SMILES string of the molecule is O=C(Cc1ccc(OC(F)(F)F)cc1)NCCCCN1CCC[C@@H]2C[C@H]3C[C@H](CN4CCCC[C@H]34)[C@@H]21. The summed E-state index contributed by atoms with van der Waals surface area (Å²) >= 11 is 0. The summed E-state index contributed by atoms with van der Waals surface area (Å²) in [4.78, 5) is 17.9. The van der Waals surface area contributed by atoms with Crippen molar-refractivity contribution in [2.24, 2.45) is 17.8 Å². The molecule has 0 aromatic heterocycles. The molecule has 200 valence electrons. The fourth-order valence-electron chi connectivity index (χ4n) is 7.69. The fourth-order valence-corrected chi connectivity index (χ4v) is 7.69. The summed E-state index contributed by atoms with van der Waals surface area (Å²) in [7, 11) is 0. The second-order valence-electron chi connectivity index (χ2n) is 11.4. The van der Waals surface area contributed by atoms with Crippen LogP contribution in [0.1, 0.15) is 63.4 Å². The van der Waals surface area contributed by atoms with Crippen molar-refractivity contribution in [3.63, 3.8) is 0 Å². The van der Waals surface area contributed by atoms with Crippen LogP contribution in [0.25, 0.3) is 0 Å². The Morgan fingerprint density at radius 2 is 1.78 bits per heavy atom. The number of amides is 1. The van der Waals surface area contributed by atoms with Crippen LogP contribution in [0.3, 0.4) is 0 Å². The average Bonchev–Trinajstić information content (AvgIpc) is 2.84. The maximum absolute atomic E-state index is 12.3. The highest BCUT2D eigenvalue weighted by Crippen LogP contribution is 2.48. The molecule has 5 atom stereocenters. The number of hydrogen-bond donors (Lipinski definition) is 1. The van der Waals surface area contributed by atoms with Gasteiger partial charge in [-0.3, -0.25) is 14.6 Å². The molecule has 0 unspecified atom stereocenters. The first-order chi connectivity index (χ1) is 17.4. The summed E-state index contributed by atoms with van der Waals surface area (Å²) in [6.45, 7) is 5.57. The largest absolute Gasteiger partial charge is 0.573 e. The van der Waals surface area contributed by atoms with Gasteiger partial charge in [-0.25, -0.2) is 0 Å². The Hall–Kier alpha value is -1.80. The average molecular weight is 508 g/mol. The maximum Gasteiger partial charge on any atom is 0.573 e. The minimum Gasteiger partial charge on any atom is -0.406 e. The number of hydrogen-bond acceptors (Lipinski definition) is 4. The van der Waals surface area contributed by atoms with Gasteiger partial charge in [0.2, 0.25) is 5.91 Å². The standard InChI is InChI=1S/C28H40F3N3O2/c29-28(30,31)36-24-10-8-20(9-11-24)16-26(35)32-12-2-4-13-33-15-5-6-21-17-22-18-23(27(21)33)19-34-14-3-1-7-25(22)34/h8-11,21-23,25,27H,1-7,12-19H2,(H,32,35)/t21-,22+,23-,25-,27-/m1/s1. The number of fused-ring (bicyclic) bond motifs is 6. The van der Waals surface area contributed by atoms with Gasteiger partial charge in [-0.05, 0) is 106 Å². The topological polar surface area (TPSA) is 44.8 Å². The number of piperidine rings is 3. The Morgan fingerprint density at radius 3 is 2.58 bits per heavy atom. The predicted octanol–water partition coefficient (Wildman–Crippen LogP) is 5.00. The van der Waals surface area contributed by atoms with Crippen molar-refractivity contribution in [2.75, 3.05) is 32.7 Å². The summed E-state index contributed by atoms with van der Waals surface area (Å²) in [6.07, 6.45) is 7.26. The molecule has 5 nitrogen and oxygen atoms in total. The van der Waals surface area contributed by atoms with E-state index >= 15 is 0 Å². The third-order valence-corrected chi connectivity index (χ3v) is 9.01. The third-order valence-electron chi connectivity index (χ3n) is 9.01. The zero-order chi connectivity index (χ0) is 25.1. The minimum absolute atomic E-state index is 0.103. The zero-order valence-electron chi connectivity index (χ0n) is 21.1. The van der Waals surface area contributed by atoms with Crippen molar-refractivity contribution in [1.82, 2.24) is 15.1 Å². The zero-order valence-corrected chi connectivity index (χ0v) is 21.1. The molecule has 1 saturated carbocycles. The second-order valence-corrected chi connectivity index (χ2v) is 11.4. The highest BCUT2D eigenvalue weighted by Gasteiger charge is 2.49. The minimum atomic E-state index is -4.71. The molecule has 2 bridgehead atoms. The van der Waals surface area contributed by atoms with Gasteiger partial charge in [-0.15, -0.1) is 13.2 Å². The number of unbranched alkanes of at least 4 members (excludes halogenated alkanes) is 1. The van der Waals surface area contributed by atoms with E-state index in [0.717, 1.165) is 49.2 Å². The molecular formula is C28H40F3N3O2. The molecule has 1 aromatic carbocycles. The molecule has 0 spiro atoms. The van der Waals surface area contributed by atoms with Gasteiger partial charge in [-0.2, -0.15) is 0 Å². The second kappa shape index (κ2) is 11.3. The summed E-state index contributed by atoms with van der Waals surface area (Å²) in [5, 5.41) is 2.97. The Morgan fingerprint density at radius 1 is 0.972 bits per heavy atom. The van der Waals surface area contributed by atoms with E-state index in [9.17, 15) is 18.0 Å². The molecular weight excluding hydrogens is 467 g/mol. The van der Waals surface area contributed by atoms with Gasteiger partial charge in [0.1, 0.15) is 5.75 Å². The van der Waals surface area contributed by atoms with Crippen LogP contribution in [0.2, 0.25) is 0 Å². The Kier molecular flexibility index (Phi) is 8.11. The van der Waals surface area contributed by atoms with Gasteiger partial charge in [0.25, 0.3) is 0 Å². The van der Waals surface area contributed by atoms with E-state index in [1.807, 2.05) is 0 Å². The molecule has 4 fully saturated rings. The van der Waals surface area contributed by atoms with Crippen LogP contribution in [0.5, 0.6) is 5.75 Å². The molecule has 3 saturated heterocycles. The Labute approximate surface area is 212 Å². The number of alkyl halides is 3. The molecule has 3 aliphatic heterocycles. The van der Waals surface area contributed by atoms with Gasteiger partial charge in [0, 0.05) is 25.2 Å². The number of carbonyl (C=O) groups is 1. The van der Waals surface area contributed by atoms with Crippen LogP contribution in [0.4, 0.5) is 13.2 Å². The quantitative estimate of drug-likeness (QED) is 0.503. The van der Waals surface area contributed by atoms with E-state index in [-0.39, 0.29) is 18.1 Å². The molecule has 5 rings (SSSR count). The van der Waals surface area contributed by atoms with E-state index in [0.29, 0.717) is 12.1 Å². The van der Waals surface area contributed by atoms with Crippen molar-refractivity contribution < 1.29 is 22.7 Å². The van der Waals surface area contributed by atoms with Gasteiger partial charge < -0.3 is 10.1 Å². The van der Waals surface area contributed by atoms with Crippen molar-refractivity contribution >= 4 is 5.91 Å². The lowest BCUT2D eigenvalue weighted by molar-refractivity contribution is -0.274. The number of carbonyl (C=O) groups excluding carboxylic acids is 1. The molecule has 1 aliphatic carbocycles. The maximum atomic E-state index is 12.3. The lowest BCUT2D eigenvalue weighted by Gasteiger charge is -2.58. The highest BCUT2D eigenvalue weighted by molar-refractivity contribution is 5.78. The molecule has 1 N–H and O–H groups in total. The lowest BCUT2D eigenvalue weighted by atomic mass is 9.62. The molecule has 0 radical (unpaired) electrons. The Balaban J connectivity index is 1.03. The normalized spacial score (nSPS) is 30.8. The van der Waals surface area contributed by atoms with Gasteiger partial charge in [0.15, 0.2) is 0 Å².